The highest BCUT2D eigenvalue weighted by Gasteiger charge is 2.54. The summed E-state index contributed by atoms with van der Waals surface area (Å²) in [5.41, 5.74) is -0.820. The van der Waals surface area contributed by atoms with Crippen LogP contribution in [0.4, 0.5) is 0 Å². The van der Waals surface area contributed by atoms with Crippen LogP contribution in [0.2, 0.25) is 0 Å². The van der Waals surface area contributed by atoms with Gasteiger partial charge in [-0.05, 0) is 24.8 Å². The maximum atomic E-state index is 12.7. The topological polar surface area (TPSA) is 88.8 Å². The molecule has 1 amide bonds. The number of nitrogens with zero attached hydrogens (tertiary/aromatic N) is 1. The van der Waals surface area contributed by atoms with Gasteiger partial charge in [-0.25, -0.2) is 0 Å². The van der Waals surface area contributed by atoms with E-state index < -0.39 is 11.7 Å². The van der Waals surface area contributed by atoms with Crippen LogP contribution in [-0.2, 0) is 14.3 Å². The molecule has 1 saturated carbocycles. The molecule has 1 aromatic heterocycles. The largest absolute Gasteiger partial charge is 0.472 e. The van der Waals surface area contributed by atoms with Crippen molar-refractivity contribution < 1.29 is 23.5 Å². The molecule has 0 bridgehead atoms. The van der Waals surface area contributed by atoms with E-state index in [1.54, 1.807) is 6.07 Å². The maximum Gasteiger partial charge on any atom is 0.256 e. The average molecular weight is 360 g/mol. The lowest BCUT2D eigenvalue weighted by atomic mass is 9.91. The van der Waals surface area contributed by atoms with Crippen LogP contribution in [0.15, 0.2) is 23.0 Å². The zero-order chi connectivity index (χ0) is 18.1. The van der Waals surface area contributed by atoms with E-state index in [9.17, 15) is 14.4 Å². The number of hydrogen-bond donors (Lipinski definition) is 1. The molecule has 0 radical (unpaired) electrons. The second-order valence-electron chi connectivity index (χ2n) is 7.61. The number of fused-ring (bicyclic) bond motifs is 1. The van der Waals surface area contributed by atoms with Crippen molar-refractivity contribution in [1.29, 1.82) is 0 Å². The number of rotatable bonds is 6. The summed E-state index contributed by atoms with van der Waals surface area (Å²) < 4.78 is 10.6. The van der Waals surface area contributed by atoms with E-state index in [0.29, 0.717) is 30.9 Å². The van der Waals surface area contributed by atoms with Gasteiger partial charge in [0.1, 0.15) is 12.9 Å². The van der Waals surface area contributed by atoms with Crippen LogP contribution in [0.3, 0.4) is 0 Å². The molecule has 3 heterocycles. The lowest BCUT2D eigenvalue weighted by Crippen LogP contribution is -2.65. The minimum Gasteiger partial charge on any atom is -0.472 e. The van der Waals surface area contributed by atoms with Gasteiger partial charge in [-0.15, -0.1) is 0 Å². The number of ketones is 1. The number of Topliss-reactive ketones (excluding diaryl/α,β-unsaturated/α-hetero) is 1. The van der Waals surface area contributed by atoms with Gasteiger partial charge in [-0.3, -0.25) is 19.3 Å². The first kappa shape index (κ1) is 17.4. The van der Waals surface area contributed by atoms with Gasteiger partial charge in [0, 0.05) is 6.54 Å². The Hall–Kier alpha value is -1.99. The van der Waals surface area contributed by atoms with Gasteiger partial charge in [-0.2, -0.15) is 0 Å². The van der Waals surface area contributed by atoms with E-state index in [-0.39, 0.29) is 24.4 Å². The van der Waals surface area contributed by atoms with Crippen molar-refractivity contribution in [1.82, 2.24) is 10.2 Å². The minimum atomic E-state index is -1.19. The molecule has 1 aromatic rings. The third-order valence-electron chi connectivity index (χ3n) is 6.01. The highest BCUT2D eigenvalue weighted by atomic mass is 16.5. The van der Waals surface area contributed by atoms with Gasteiger partial charge in [0.2, 0.25) is 0 Å². The van der Waals surface area contributed by atoms with Crippen molar-refractivity contribution in [3.05, 3.63) is 24.2 Å². The van der Waals surface area contributed by atoms with Crippen molar-refractivity contribution >= 4 is 18.0 Å². The molecule has 3 aliphatic rings. The van der Waals surface area contributed by atoms with E-state index in [4.69, 9.17) is 9.15 Å². The lowest BCUT2D eigenvalue weighted by Gasteiger charge is -2.41. The number of ether oxygens (including phenoxy) is 1. The van der Waals surface area contributed by atoms with Crippen LogP contribution in [0.5, 0.6) is 0 Å². The highest BCUT2D eigenvalue weighted by Crippen LogP contribution is 2.38. The van der Waals surface area contributed by atoms with Crippen molar-refractivity contribution in [3.63, 3.8) is 0 Å². The molecule has 2 saturated heterocycles. The zero-order valence-corrected chi connectivity index (χ0v) is 14.7. The average Bonchev–Trinajstić information content (AvgIpc) is 3.41. The second kappa shape index (κ2) is 6.96. The van der Waals surface area contributed by atoms with E-state index >= 15 is 0 Å². The predicted octanol–water partition coefficient (Wildman–Crippen LogP) is 1.53. The van der Waals surface area contributed by atoms with E-state index in [1.165, 1.54) is 12.5 Å². The Kier molecular flexibility index (Phi) is 4.67. The Balaban J connectivity index is 1.64. The highest BCUT2D eigenvalue weighted by molar-refractivity contribution is 5.96. The molecule has 140 valence electrons. The quantitative estimate of drug-likeness (QED) is 0.774. The monoisotopic (exact) mass is 360 g/mol. The summed E-state index contributed by atoms with van der Waals surface area (Å²) in [6.07, 6.45) is 9.01. The second-order valence-corrected chi connectivity index (χ2v) is 7.61. The number of amides is 1. The molecule has 26 heavy (non-hydrogen) atoms. The fourth-order valence-corrected chi connectivity index (χ4v) is 4.74. The Bertz CT molecular complexity index is 682. The predicted molar refractivity (Wildman–Crippen MR) is 91.4 cm³/mol. The number of carbonyl (C=O) groups is 3. The van der Waals surface area contributed by atoms with Gasteiger partial charge in [0.25, 0.3) is 5.91 Å². The lowest BCUT2D eigenvalue weighted by molar-refractivity contribution is -0.129. The third kappa shape index (κ3) is 2.99. The smallest absolute Gasteiger partial charge is 0.256 e. The van der Waals surface area contributed by atoms with Crippen LogP contribution in [0.1, 0.15) is 48.9 Å². The Morgan fingerprint density at radius 3 is 2.85 bits per heavy atom. The number of aldehydes is 1. The number of hydrogen-bond acceptors (Lipinski definition) is 6. The van der Waals surface area contributed by atoms with Crippen LogP contribution in [-0.4, -0.2) is 53.8 Å². The molecule has 2 aliphatic heterocycles. The zero-order valence-electron chi connectivity index (χ0n) is 14.7. The Labute approximate surface area is 152 Å². The summed E-state index contributed by atoms with van der Waals surface area (Å²) in [6.45, 7) is 0.637. The number of likely N-dealkylation sites (tertiary alicyclic amines) is 1. The third-order valence-corrected chi connectivity index (χ3v) is 6.01. The first-order valence-electron chi connectivity index (χ1n) is 9.35. The number of nitrogens with one attached hydrogen (secondary N) is 1. The summed E-state index contributed by atoms with van der Waals surface area (Å²) in [4.78, 5) is 39.3. The van der Waals surface area contributed by atoms with Crippen LogP contribution in [0, 0.1) is 5.92 Å². The van der Waals surface area contributed by atoms with Crippen LogP contribution in [0.25, 0.3) is 0 Å². The van der Waals surface area contributed by atoms with E-state index in [0.717, 1.165) is 32.0 Å². The molecule has 0 spiro atoms. The normalized spacial score (nSPS) is 28.8. The molecule has 7 heteroatoms. The Morgan fingerprint density at radius 2 is 2.15 bits per heavy atom. The van der Waals surface area contributed by atoms with Crippen molar-refractivity contribution in [2.24, 2.45) is 5.92 Å². The molecular weight excluding hydrogens is 336 g/mol. The molecule has 3 atom stereocenters. The van der Waals surface area contributed by atoms with Gasteiger partial charge in [0.15, 0.2) is 17.7 Å². The van der Waals surface area contributed by atoms with E-state index in [1.807, 2.05) is 4.90 Å². The molecule has 7 nitrogen and oxygen atoms in total. The van der Waals surface area contributed by atoms with E-state index in [2.05, 4.69) is 5.32 Å². The van der Waals surface area contributed by atoms with Gasteiger partial charge < -0.3 is 14.5 Å². The van der Waals surface area contributed by atoms with Crippen LogP contribution < -0.4 is 5.32 Å². The molecule has 3 unspecified atom stereocenters. The fourth-order valence-electron chi connectivity index (χ4n) is 4.74. The first-order chi connectivity index (χ1) is 12.6. The van der Waals surface area contributed by atoms with Crippen molar-refractivity contribution in [2.75, 3.05) is 13.2 Å². The molecule has 4 rings (SSSR count). The SMILES string of the molecule is O=CC(CC1CCCC1)(NC(=O)c1ccoc1)N1CCC2OCC(=O)C21. The van der Waals surface area contributed by atoms with Gasteiger partial charge >= 0.3 is 0 Å². The number of carbonyl (C=O) groups excluding carboxylic acids is 3. The molecule has 0 aromatic carbocycles. The Morgan fingerprint density at radius 1 is 1.35 bits per heavy atom. The maximum absolute atomic E-state index is 12.7. The first-order valence-corrected chi connectivity index (χ1v) is 9.35. The fraction of sp³-hybridized carbons (Fsp3) is 0.632. The van der Waals surface area contributed by atoms with Crippen molar-refractivity contribution in [2.45, 2.75) is 56.3 Å². The molecule has 3 fully saturated rings. The van der Waals surface area contributed by atoms with Crippen LogP contribution >= 0.6 is 0 Å². The molecule has 1 aliphatic carbocycles. The summed E-state index contributed by atoms with van der Waals surface area (Å²) in [7, 11) is 0. The summed E-state index contributed by atoms with van der Waals surface area (Å²) in [5.74, 6) is -0.0114. The van der Waals surface area contributed by atoms with Gasteiger partial charge in [-0.1, -0.05) is 25.7 Å². The minimum absolute atomic E-state index is 0.0114. The molecule has 1 N–H and O–H groups in total. The standard InChI is InChI=1S/C19H24N2O5/c22-12-19(9-13-3-1-2-4-13,20-18(24)14-6-8-25-10-14)21-7-5-16-17(21)15(23)11-26-16/h6,8,10,12-13,16-17H,1-5,7,9,11H2,(H,20,24). The van der Waals surface area contributed by atoms with Gasteiger partial charge in [0.05, 0.1) is 24.0 Å². The summed E-state index contributed by atoms with van der Waals surface area (Å²) >= 11 is 0. The number of furan rings is 1. The summed E-state index contributed by atoms with van der Waals surface area (Å²) in [5, 5.41) is 2.94. The molecular formula is C19H24N2O5. The van der Waals surface area contributed by atoms with Crippen molar-refractivity contribution in [3.8, 4) is 0 Å². The summed E-state index contributed by atoms with van der Waals surface area (Å²) in [6, 6.07) is 1.11.